The molecule has 0 radical (unpaired) electrons. The average molecular weight is 469 g/mol. The molecule has 2 aromatic carbocycles. The Morgan fingerprint density at radius 3 is 2.48 bits per heavy atom. The van der Waals surface area contributed by atoms with Crippen LogP contribution in [0.4, 0.5) is 4.79 Å². The van der Waals surface area contributed by atoms with Gasteiger partial charge >= 0.3 is 6.03 Å². The van der Waals surface area contributed by atoms with Crippen LogP contribution in [-0.4, -0.2) is 43.1 Å². The largest absolute Gasteiger partial charge is 0.496 e. The second-order valence-electron chi connectivity index (χ2n) is 8.35. The van der Waals surface area contributed by atoms with Crippen LogP contribution in [0.1, 0.15) is 35.3 Å². The Balaban J connectivity index is 1.66. The number of fused-ring (bicyclic) bond motifs is 2. The minimum atomic E-state index is -1.82. The highest BCUT2D eigenvalue weighted by atomic mass is 35.5. The van der Waals surface area contributed by atoms with Crippen LogP contribution < -0.4 is 19.5 Å². The summed E-state index contributed by atoms with van der Waals surface area (Å²) in [5.74, 6) is -1.88. The Hall–Kier alpha value is -3.39. The van der Waals surface area contributed by atoms with Crippen molar-refractivity contribution in [3.8, 4) is 17.2 Å². The van der Waals surface area contributed by atoms with Crippen LogP contribution >= 0.6 is 11.6 Å². The second kappa shape index (κ2) is 7.59. The van der Waals surface area contributed by atoms with Gasteiger partial charge in [-0.05, 0) is 12.0 Å². The number of Topliss-reactive ketones (excluding diaryl/α,β-unsaturated/α-hetero) is 2. The first-order valence-corrected chi connectivity index (χ1v) is 10.9. The van der Waals surface area contributed by atoms with Gasteiger partial charge in [0.15, 0.2) is 11.5 Å². The number of rotatable bonds is 3. The van der Waals surface area contributed by atoms with Gasteiger partial charge in [-0.2, -0.15) is 0 Å². The molecule has 1 spiro atoms. The van der Waals surface area contributed by atoms with Gasteiger partial charge in [-0.3, -0.25) is 9.59 Å². The van der Waals surface area contributed by atoms with Crippen LogP contribution in [0, 0.1) is 11.8 Å². The number of ether oxygens (including phenoxy) is 3. The lowest BCUT2D eigenvalue weighted by Gasteiger charge is -2.44. The number of methoxy groups -OCH3 is 2. The lowest BCUT2D eigenvalue weighted by molar-refractivity contribution is -0.137. The fraction of sp³-hybridized carbons (Fsp3) is 0.333. The number of hydrogen-bond acceptors (Lipinski definition) is 6. The molecule has 1 N–H and O–H groups in total. The number of urea groups is 1. The Morgan fingerprint density at radius 1 is 1.12 bits per heavy atom. The van der Waals surface area contributed by atoms with Crippen LogP contribution in [0.5, 0.6) is 17.2 Å². The Kier molecular flexibility index (Phi) is 4.93. The Morgan fingerprint density at radius 2 is 1.82 bits per heavy atom. The molecule has 1 saturated carbocycles. The number of carbonyl (C=O) groups is 3. The fourth-order valence-electron chi connectivity index (χ4n) is 5.07. The summed E-state index contributed by atoms with van der Waals surface area (Å²) in [6.07, 6.45) is 0.240. The molecule has 1 fully saturated rings. The van der Waals surface area contributed by atoms with Crippen LogP contribution in [0.2, 0.25) is 5.02 Å². The maximum Gasteiger partial charge on any atom is 0.341 e. The number of ketones is 2. The van der Waals surface area contributed by atoms with E-state index in [2.05, 4.69) is 10.3 Å². The van der Waals surface area contributed by atoms with E-state index < -0.39 is 41.1 Å². The highest BCUT2D eigenvalue weighted by Crippen LogP contribution is 2.54. The zero-order valence-electron chi connectivity index (χ0n) is 18.2. The van der Waals surface area contributed by atoms with E-state index in [1.165, 1.54) is 20.3 Å². The molecule has 2 aromatic rings. The average Bonchev–Trinajstić information content (AvgIpc) is 3.13. The Bertz CT molecular complexity index is 1230. The predicted octanol–water partition coefficient (Wildman–Crippen LogP) is 3.80. The van der Waals surface area contributed by atoms with E-state index in [1.54, 1.807) is 6.92 Å². The zero-order valence-corrected chi connectivity index (χ0v) is 18.9. The van der Waals surface area contributed by atoms with Crippen molar-refractivity contribution in [2.24, 2.45) is 16.8 Å². The number of halogens is 1. The van der Waals surface area contributed by atoms with E-state index in [9.17, 15) is 14.4 Å². The molecule has 2 aliphatic heterocycles. The van der Waals surface area contributed by atoms with Crippen molar-refractivity contribution in [2.45, 2.75) is 25.0 Å². The summed E-state index contributed by atoms with van der Waals surface area (Å²) in [4.78, 5) is 44.4. The monoisotopic (exact) mass is 468 g/mol. The minimum Gasteiger partial charge on any atom is -0.496 e. The van der Waals surface area contributed by atoms with Gasteiger partial charge in [0, 0.05) is 17.7 Å². The lowest BCUT2D eigenvalue weighted by Crippen LogP contribution is -2.64. The molecule has 33 heavy (non-hydrogen) atoms. The summed E-state index contributed by atoms with van der Waals surface area (Å²) in [5, 5.41) is 2.88. The molecule has 5 rings (SSSR count). The first kappa shape index (κ1) is 21.5. The summed E-state index contributed by atoms with van der Waals surface area (Å²) >= 11 is 6.48. The standard InChI is InChI=1S/C24H21ClN2O6/c1-11-9-13-16(19(27-23(30)26-13)12-7-5-4-6-8-12)21(28)24(11)22(29)17-14(31-2)10-15(32-3)18(25)20(17)33-24/h4-8,10-11,16,19H,9H2,1-3H3,(H,27,30)/t11-,16?,19-,24+/m1/s1. The third-order valence-corrected chi connectivity index (χ3v) is 7.01. The molecule has 8 nitrogen and oxygen atoms in total. The quantitative estimate of drug-likeness (QED) is 0.687. The van der Waals surface area contributed by atoms with Crippen LogP contribution in [0.3, 0.4) is 0 Å². The summed E-state index contributed by atoms with van der Waals surface area (Å²) in [6, 6.07) is 9.45. The van der Waals surface area contributed by atoms with E-state index >= 15 is 0 Å². The molecular formula is C24H21ClN2O6. The van der Waals surface area contributed by atoms with Gasteiger partial charge in [0.25, 0.3) is 0 Å². The first-order chi connectivity index (χ1) is 15.8. The van der Waals surface area contributed by atoms with E-state index in [-0.39, 0.29) is 34.3 Å². The van der Waals surface area contributed by atoms with Gasteiger partial charge in [0.2, 0.25) is 11.4 Å². The van der Waals surface area contributed by atoms with Crippen LogP contribution in [0.15, 0.2) is 41.4 Å². The zero-order chi connectivity index (χ0) is 23.5. The van der Waals surface area contributed by atoms with E-state index in [0.717, 1.165) is 5.56 Å². The number of amides is 2. The minimum absolute atomic E-state index is 0.0644. The topological polar surface area (TPSA) is 103 Å². The molecule has 3 aliphatic rings. The van der Waals surface area contributed by atoms with Gasteiger partial charge in [0.1, 0.15) is 22.1 Å². The van der Waals surface area contributed by atoms with Crippen molar-refractivity contribution >= 4 is 34.9 Å². The van der Waals surface area contributed by atoms with Crippen molar-refractivity contribution in [3.05, 3.63) is 52.5 Å². The van der Waals surface area contributed by atoms with Crippen molar-refractivity contribution < 1.29 is 28.6 Å². The molecule has 9 heteroatoms. The first-order valence-electron chi connectivity index (χ1n) is 10.5. The molecule has 170 valence electrons. The molecule has 2 heterocycles. The summed E-state index contributed by atoms with van der Waals surface area (Å²) in [6.45, 7) is 1.74. The highest BCUT2D eigenvalue weighted by molar-refractivity contribution is 6.36. The van der Waals surface area contributed by atoms with Gasteiger partial charge in [-0.1, -0.05) is 48.9 Å². The number of benzene rings is 2. The lowest BCUT2D eigenvalue weighted by atomic mass is 9.64. The van der Waals surface area contributed by atoms with E-state index in [0.29, 0.717) is 5.71 Å². The molecule has 2 amide bonds. The second-order valence-corrected chi connectivity index (χ2v) is 8.73. The molecule has 1 unspecified atom stereocenters. The summed E-state index contributed by atoms with van der Waals surface area (Å²) in [5.41, 5.74) is -0.523. The fourth-order valence-corrected chi connectivity index (χ4v) is 5.34. The molecular weight excluding hydrogens is 448 g/mol. The van der Waals surface area contributed by atoms with Crippen LogP contribution in [-0.2, 0) is 4.79 Å². The van der Waals surface area contributed by atoms with Gasteiger partial charge in [0.05, 0.1) is 26.2 Å². The van der Waals surface area contributed by atoms with E-state index in [4.69, 9.17) is 25.8 Å². The van der Waals surface area contributed by atoms with Gasteiger partial charge in [-0.25, -0.2) is 9.79 Å². The van der Waals surface area contributed by atoms with Crippen molar-refractivity contribution in [3.63, 3.8) is 0 Å². The van der Waals surface area contributed by atoms with Crippen molar-refractivity contribution in [2.75, 3.05) is 14.2 Å². The smallest absolute Gasteiger partial charge is 0.341 e. The number of hydrogen-bond donors (Lipinski definition) is 1. The number of carbonyl (C=O) groups excluding carboxylic acids is 3. The van der Waals surface area contributed by atoms with Gasteiger partial charge < -0.3 is 19.5 Å². The third kappa shape index (κ3) is 2.90. The maximum atomic E-state index is 14.1. The number of nitrogens with one attached hydrogen (secondary N) is 1. The molecule has 0 aromatic heterocycles. The van der Waals surface area contributed by atoms with Crippen molar-refractivity contribution in [1.29, 1.82) is 0 Å². The Labute approximate surface area is 194 Å². The third-order valence-electron chi connectivity index (χ3n) is 6.65. The molecule has 0 saturated heterocycles. The highest BCUT2D eigenvalue weighted by Gasteiger charge is 2.65. The SMILES string of the molecule is COc1cc(OC)c2c(c1Cl)O[C@]1(C2=O)C(=O)C2C(=NC(=O)N[C@@H]2c2ccccc2)C[C@H]1C. The van der Waals surface area contributed by atoms with E-state index in [1.807, 2.05) is 30.3 Å². The maximum absolute atomic E-state index is 14.1. The molecule has 1 aliphatic carbocycles. The van der Waals surface area contributed by atoms with Gasteiger partial charge in [-0.15, -0.1) is 0 Å². The normalized spacial score (nSPS) is 27.9. The molecule has 0 bridgehead atoms. The number of aliphatic imine (C=N–C) groups is 1. The number of nitrogens with zero attached hydrogens (tertiary/aromatic N) is 1. The van der Waals surface area contributed by atoms with Crippen molar-refractivity contribution in [1.82, 2.24) is 5.32 Å². The molecule has 4 atom stereocenters. The summed E-state index contributed by atoms with van der Waals surface area (Å²) < 4.78 is 16.9. The predicted molar refractivity (Wildman–Crippen MR) is 120 cm³/mol. The van der Waals surface area contributed by atoms with Crippen LogP contribution in [0.25, 0.3) is 0 Å². The summed E-state index contributed by atoms with van der Waals surface area (Å²) in [7, 11) is 2.85.